The summed E-state index contributed by atoms with van der Waals surface area (Å²) in [5.41, 5.74) is 2.51. The molecule has 1 aromatic heterocycles. The zero-order valence-corrected chi connectivity index (χ0v) is 11.1. The van der Waals surface area contributed by atoms with E-state index in [9.17, 15) is 0 Å². The third-order valence-corrected chi connectivity index (χ3v) is 3.60. The molecule has 2 N–H and O–H groups in total. The van der Waals surface area contributed by atoms with Crippen LogP contribution in [0.3, 0.4) is 0 Å². The number of hydrogen-bond acceptors (Lipinski definition) is 3. The molecule has 2 heterocycles. The fourth-order valence-corrected chi connectivity index (χ4v) is 2.61. The first-order valence-corrected chi connectivity index (χ1v) is 6.99. The normalized spacial score (nSPS) is 15.5. The Morgan fingerprint density at radius 1 is 1.16 bits per heavy atom. The van der Waals surface area contributed by atoms with Gasteiger partial charge in [-0.2, -0.15) is 0 Å². The first kappa shape index (κ1) is 12.1. The van der Waals surface area contributed by atoms with Crippen molar-refractivity contribution < 1.29 is 0 Å². The van der Waals surface area contributed by atoms with E-state index in [1.807, 2.05) is 6.20 Å². The Hall–Kier alpha value is -1.97. The summed E-state index contributed by atoms with van der Waals surface area (Å²) in [7, 11) is 0. The Morgan fingerprint density at radius 2 is 2.00 bits per heavy atom. The molecule has 1 aliphatic heterocycles. The number of piperidine rings is 1. The van der Waals surface area contributed by atoms with Crippen molar-refractivity contribution in [3.8, 4) is 0 Å². The highest BCUT2D eigenvalue weighted by Gasteiger charge is 2.13. The van der Waals surface area contributed by atoms with E-state index in [0.29, 0.717) is 0 Å². The molecule has 3 rings (SSSR count). The summed E-state index contributed by atoms with van der Waals surface area (Å²) in [6, 6.07) is 8.54. The van der Waals surface area contributed by atoms with Crippen LogP contribution >= 0.6 is 0 Å². The van der Waals surface area contributed by atoms with E-state index in [4.69, 9.17) is 0 Å². The average Bonchev–Trinajstić information content (AvgIpc) is 3.00. The third kappa shape index (κ3) is 2.89. The van der Waals surface area contributed by atoms with E-state index in [-0.39, 0.29) is 0 Å². The van der Waals surface area contributed by atoms with Crippen molar-refractivity contribution in [3.05, 3.63) is 42.5 Å². The molecule has 2 aromatic rings. The van der Waals surface area contributed by atoms with Gasteiger partial charge in [-0.05, 0) is 31.4 Å². The van der Waals surface area contributed by atoms with Crippen molar-refractivity contribution in [2.75, 3.05) is 23.3 Å². The maximum Gasteiger partial charge on any atom is 0.125 e. The van der Waals surface area contributed by atoms with Gasteiger partial charge in [-0.15, -0.1) is 0 Å². The lowest BCUT2D eigenvalue weighted by Crippen LogP contribution is -2.30. The van der Waals surface area contributed by atoms with Crippen LogP contribution in [0.25, 0.3) is 0 Å². The van der Waals surface area contributed by atoms with Crippen LogP contribution in [0, 0.1) is 0 Å². The standard InChI is InChI=1S/C15H20N4/c1-4-10-19(11-5-1)14-7-3-2-6-13(14)18-12-15-16-8-9-17-15/h2-3,6-9,18H,1,4-5,10-12H2,(H,16,17). The number of nitrogens with one attached hydrogen (secondary N) is 2. The molecule has 0 aliphatic carbocycles. The van der Waals surface area contributed by atoms with Crippen molar-refractivity contribution in [2.24, 2.45) is 0 Å². The summed E-state index contributed by atoms with van der Waals surface area (Å²) in [4.78, 5) is 9.84. The lowest BCUT2D eigenvalue weighted by molar-refractivity contribution is 0.578. The second-order valence-corrected chi connectivity index (χ2v) is 4.95. The molecule has 0 amide bonds. The molecule has 0 spiro atoms. The van der Waals surface area contributed by atoms with Gasteiger partial charge >= 0.3 is 0 Å². The molecule has 0 bridgehead atoms. The highest BCUT2D eigenvalue weighted by Crippen LogP contribution is 2.28. The summed E-state index contributed by atoms with van der Waals surface area (Å²) < 4.78 is 0. The van der Waals surface area contributed by atoms with E-state index >= 15 is 0 Å². The molecular formula is C15H20N4. The SMILES string of the molecule is c1ccc(N2CCCCC2)c(NCc2ncc[nH]2)c1. The van der Waals surface area contributed by atoms with Crippen molar-refractivity contribution in [3.63, 3.8) is 0 Å². The lowest BCUT2D eigenvalue weighted by atomic mass is 10.1. The number of aromatic amines is 1. The fourth-order valence-electron chi connectivity index (χ4n) is 2.61. The molecule has 0 unspecified atom stereocenters. The Kier molecular flexibility index (Phi) is 3.68. The zero-order valence-electron chi connectivity index (χ0n) is 11.1. The monoisotopic (exact) mass is 256 g/mol. The van der Waals surface area contributed by atoms with Gasteiger partial charge in [0.15, 0.2) is 0 Å². The number of imidazole rings is 1. The minimum Gasteiger partial charge on any atom is -0.376 e. The van der Waals surface area contributed by atoms with Crippen molar-refractivity contribution in [2.45, 2.75) is 25.8 Å². The molecule has 19 heavy (non-hydrogen) atoms. The Labute approximate surface area is 113 Å². The largest absolute Gasteiger partial charge is 0.376 e. The van der Waals surface area contributed by atoms with Gasteiger partial charge in [-0.3, -0.25) is 0 Å². The number of anilines is 2. The van der Waals surface area contributed by atoms with Gasteiger partial charge in [0.2, 0.25) is 0 Å². The fraction of sp³-hybridized carbons (Fsp3) is 0.400. The summed E-state index contributed by atoms with van der Waals surface area (Å²) in [6.45, 7) is 3.07. The van der Waals surface area contributed by atoms with Crippen LogP contribution in [0.2, 0.25) is 0 Å². The van der Waals surface area contributed by atoms with E-state index in [0.717, 1.165) is 12.4 Å². The first-order chi connectivity index (χ1) is 9.43. The van der Waals surface area contributed by atoms with Gasteiger partial charge < -0.3 is 15.2 Å². The molecule has 100 valence electrons. The maximum atomic E-state index is 4.24. The van der Waals surface area contributed by atoms with Crippen LogP contribution in [0.15, 0.2) is 36.7 Å². The van der Waals surface area contributed by atoms with Crippen LogP contribution in [0.5, 0.6) is 0 Å². The van der Waals surface area contributed by atoms with Gasteiger partial charge in [0.1, 0.15) is 5.82 Å². The van der Waals surface area contributed by atoms with Gasteiger partial charge in [0.05, 0.1) is 17.9 Å². The molecule has 1 aliphatic rings. The first-order valence-electron chi connectivity index (χ1n) is 6.99. The van der Waals surface area contributed by atoms with E-state index in [1.165, 1.54) is 43.7 Å². The number of nitrogens with zero attached hydrogens (tertiary/aromatic N) is 2. The van der Waals surface area contributed by atoms with Gasteiger partial charge in [0.25, 0.3) is 0 Å². The molecule has 0 saturated carbocycles. The van der Waals surface area contributed by atoms with Crippen molar-refractivity contribution in [1.82, 2.24) is 9.97 Å². The zero-order chi connectivity index (χ0) is 12.9. The molecular weight excluding hydrogens is 236 g/mol. The topological polar surface area (TPSA) is 44.0 Å². The van der Waals surface area contributed by atoms with Gasteiger partial charge in [-0.1, -0.05) is 12.1 Å². The number of hydrogen-bond donors (Lipinski definition) is 2. The summed E-state index contributed by atoms with van der Waals surface area (Å²) in [6.07, 6.45) is 7.60. The Balaban J connectivity index is 1.73. The lowest BCUT2D eigenvalue weighted by Gasteiger charge is -2.30. The van der Waals surface area contributed by atoms with E-state index in [1.54, 1.807) is 6.20 Å². The van der Waals surface area contributed by atoms with Gasteiger partial charge in [-0.25, -0.2) is 4.98 Å². The average molecular weight is 256 g/mol. The number of benzene rings is 1. The Morgan fingerprint density at radius 3 is 2.79 bits per heavy atom. The third-order valence-electron chi connectivity index (χ3n) is 3.60. The molecule has 1 saturated heterocycles. The summed E-state index contributed by atoms with van der Waals surface area (Å²) in [5, 5.41) is 3.48. The second kappa shape index (κ2) is 5.78. The predicted molar refractivity (Wildman–Crippen MR) is 78.4 cm³/mol. The van der Waals surface area contributed by atoms with Crippen LogP contribution in [-0.4, -0.2) is 23.1 Å². The van der Waals surface area contributed by atoms with Crippen molar-refractivity contribution in [1.29, 1.82) is 0 Å². The number of para-hydroxylation sites is 2. The minimum absolute atomic E-state index is 0.734. The van der Waals surface area contributed by atoms with Gasteiger partial charge in [0, 0.05) is 25.5 Å². The molecule has 1 aromatic carbocycles. The molecule has 0 radical (unpaired) electrons. The maximum absolute atomic E-state index is 4.24. The summed E-state index contributed by atoms with van der Waals surface area (Å²) >= 11 is 0. The molecule has 0 atom stereocenters. The molecule has 1 fully saturated rings. The van der Waals surface area contributed by atoms with Crippen LogP contribution in [0.1, 0.15) is 25.1 Å². The number of aromatic nitrogens is 2. The van der Waals surface area contributed by atoms with Crippen molar-refractivity contribution >= 4 is 11.4 Å². The summed E-state index contributed by atoms with van der Waals surface area (Å²) in [5.74, 6) is 0.966. The van der Waals surface area contributed by atoms with E-state index in [2.05, 4.69) is 44.5 Å². The minimum atomic E-state index is 0.734. The van der Waals surface area contributed by atoms with E-state index < -0.39 is 0 Å². The van der Waals surface area contributed by atoms with Crippen LogP contribution in [-0.2, 0) is 6.54 Å². The number of H-pyrrole nitrogens is 1. The quantitative estimate of drug-likeness (QED) is 0.883. The Bertz CT molecular complexity index is 501. The molecule has 4 heteroatoms. The highest BCUT2D eigenvalue weighted by atomic mass is 15.1. The molecule has 4 nitrogen and oxygen atoms in total. The van der Waals surface area contributed by atoms with Crippen LogP contribution in [0.4, 0.5) is 11.4 Å². The van der Waals surface area contributed by atoms with Crippen LogP contribution < -0.4 is 10.2 Å². The predicted octanol–water partition coefficient (Wildman–Crippen LogP) is 3.01. The number of rotatable bonds is 4. The smallest absolute Gasteiger partial charge is 0.125 e. The second-order valence-electron chi connectivity index (χ2n) is 4.95. The highest BCUT2D eigenvalue weighted by molar-refractivity contribution is 5.70.